The fourth-order valence-electron chi connectivity index (χ4n) is 0.899. The quantitative estimate of drug-likeness (QED) is 0.314. The first-order valence-electron chi connectivity index (χ1n) is 4.44. The number of nitro groups is 6. The number of hydrazine groups is 8. The van der Waals surface area contributed by atoms with Crippen molar-refractivity contribution in [2.75, 3.05) is 0 Å². The lowest BCUT2D eigenvalue weighted by molar-refractivity contribution is -1.01. The first-order chi connectivity index (χ1) is 10.8. The highest BCUT2D eigenvalue weighted by molar-refractivity contribution is 5.70. The van der Waals surface area contributed by atoms with Crippen LogP contribution in [0.1, 0.15) is 0 Å². The first kappa shape index (κ1) is 19.3. The van der Waals surface area contributed by atoms with E-state index >= 15 is 0 Å². The second-order valence-corrected chi connectivity index (χ2v) is 2.83. The predicted molar refractivity (Wildman–Crippen MR) is 54.7 cm³/mol. The molecule has 23 nitrogen and oxygen atoms in total. The molecule has 0 aromatic carbocycles. The van der Waals surface area contributed by atoms with E-state index in [0.29, 0.717) is 0 Å². The topological polar surface area (TPSA) is 289 Å². The Morgan fingerprint density at radius 2 is 0.708 bits per heavy atom. The smallest absolute Gasteiger partial charge is 0.232 e. The van der Waals surface area contributed by atoms with Crippen molar-refractivity contribution < 1.29 is 35.0 Å². The lowest BCUT2D eigenvalue weighted by Gasteiger charge is -2.13. The van der Waals surface area contributed by atoms with Crippen LogP contribution in [0.25, 0.3) is 0 Å². The lowest BCUT2D eigenvalue weighted by atomic mass is 11.0. The van der Waals surface area contributed by atoms with E-state index in [1.54, 1.807) is 0 Å². The molecular formula is CN10O13. The van der Waals surface area contributed by atoms with E-state index < -0.39 is 56.9 Å². The highest BCUT2D eigenvalue weighted by Gasteiger charge is 2.62. The van der Waals surface area contributed by atoms with Crippen LogP contribution in [0.3, 0.4) is 0 Å². The first-order valence-corrected chi connectivity index (χ1v) is 4.44. The number of urea groups is 1. The maximum Gasteiger partial charge on any atom is 0.508 e. The van der Waals surface area contributed by atoms with Crippen LogP contribution in [0.15, 0.2) is 0 Å². The van der Waals surface area contributed by atoms with Gasteiger partial charge >= 0.3 is 16.5 Å². The second kappa shape index (κ2) is 6.82. The summed E-state index contributed by atoms with van der Waals surface area (Å²) in [6.07, 6.45) is 0. The molecule has 0 unspecified atom stereocenters. The second-order valence-electron chi connectivity index (χ2n) is 2.83. The zero-order valence-electron chi connectivity index (χ0n) is 10.3. The van der Waals surface area contributed by atoms with Gasteiger partial charge in [-0.3, -0.25) is 0 Å². The van der Waals surface area contributed by atoms with Crippen molar-refractivity contribution in [3.63, 3.8) is 0 Å². The van der Waals surface area contributed by atoms with Gasteiger partial charge in [0, 0.05) is 0 Å². The molecule has 0 aromatic rings. The molecule has 0 radical (unpaired) electrons. The van der Waals surface area contributed by atoms with Gasteiger partial charge in [-0.1, -0.05) is 0 Å². The molecule has 0 bridgehead atoms. The van der Waals surface area contributed by atoms with Crippen LogP contribution in [0.5, 0.6) is 0 Å². The Kier molecular flexibility index (Phi) is 5.47. The van der Waals surface area contributed by atoms with Crippen molar-refractivity contribution in [3.8, 4) is 0 Å². The third-order valence-electron chi connectivity index (χ3n) is 1.57. The average molecular weight is 360 g/mol. The molecule has 0 heterocycles. The molecule has 0 fully saturated rings. The van der Waals surface area contributed by atoms with Crippen molar-refractivity contribution in [2.24, 2.45) is 0 Å². The Balaban J connectivity index is 6.24. The van der Waals surface area contributed by atoms with Crippen LogP contribution in [-0.2, 0) is 0 Å². The van der Waals surface area contributed by atoms with Crippen LogP contribution in [-0.4, -0.2) is 56.9 Å². The summed E-state index contributed by atoms with van der Waals surface area (Å²) >= 11 is 0. The summed E-state index contributed by atoms with van der Waals surface area (Å²) < 4.78 is 0. The fourth-order valence-corrected chi connectivity index (χ4v) is 0.899. The van der Waals surface area contributed by atoms with Gasteiger partial charge in [0.25, 0.3) is 20.1 Å². The molecule has 0 saturated carbocycles. The molecule has 0 saturated heterocycles. The van der Waals surface area contributed by atoms with Crippen molar-refractivity contribution in [2.45, 2.75) is 0 Å². The van der Waals surface area contributed by atoms with Crippen molar-refractivity contribution in [1.82, 2.24) is 20.7 Å². The third-order valence-corrected chi connectivity index (χ3v) is 1.57. The molecular weight excluding hydrogens is 360 g/mol. The van der Waals surface area contributed by atoms with Crippen molar-refractivity contribution in [1.29, 1.82) is 0 Å². The van der Waals surface area contributed by atoms with Crippen LogP contribution < -0.4 is 0 Å². The van der Waals surface area contributed by atoms with Crippen molar-refractivity contribution in [3.05, 3.63) is 60.7 Å². The maximum atomic E-state index is 11.5. The Bertz CT molecular complexity index is 542. The summed E-state index contributed by atoms with van der Waals surface area (Å²) in [5.41, 5.74) is 0. The summed E-state index contributed by atoms with van der Waals surface area (Å²) in [5, 5.41) is 41.8. The minimum absolute atomic E-state index is 1.79. The molecule has 0 aliphatic carbocycles. The highest BCUT2D eigenvalue weighted by atomic mass is 16.8. The van der Waals surface area contributed by atoms with E-state index in [1.165, 1.54) is 0 Å². The zero-order valence-corrected chi connectivity index (χ0v) is 10.3. The normalized spacial score (nSPS) is 9.33. The SMILES string of the molecule is O=C(N(N([N+](=O)[O-])[N+](=O)[O-])[N+](=O)[O-])N(N([N+](=O)[O-])[N+](=O)[O-])[N+](=O)[O-]. The molecule has 2 amide bonds. The van der Waals surface area contributed by atoms with Crippen LogP contribution in [0, 0.1) is 60.7 Å². The Morgan fingerprint density at radius 3 is 0.833 bits per heavy atom. The van der Waals surface area contributed by atoms with Gasteiger partial charge in [0.1, 0.15) is 0 Å². The Hall–Kier alpha value is -4.73. The van der Waals surface area contributed by atoms with E-state index in [2.05, 4.69) is 0 Å². The number of nitrogens with zero attached hydrogens (tertiary/aromatic N) is 10. The molecule has 24 heavy (non-hydrogen) atoms. The van der Waals surface area contributed by atoms with Gasteiger partial charge in [-0.2, -0.15) is 0 Å². The number of carbonyl (C=O) groups is 1. The standard InChI is InChI=1S/CN10O13/c12-1(2(6(13)14)4(8(17)18)9(19)20)3(7(15)16)5(10(21)22)11(23)24. The predicted octanol–water partition coefficient (Wildman–Crippen LogP) is -2.71. The summed E-state index contributed by atoms with van der Waals surface area (Å²) in [5.74, 6) is 0. The van der Waals surface area contributed by atoms with Crippen LogP contribution in [0.2, 0.25) is 0 Å². The summed E-state index contributed by atoms with van der Waals surface area (Å²) in [4.78, 5) is 73.9. The monoisotopic (exact) mass is 360 g/mol. The van der Waals surface area contributed by atoms with Gasteiger partial charge in [0.2, 0.25) is 10.1 Å². The molecule has 0 atom stereocenters. The Morgan fingerprint density at radius 1 is 0.500 bits per heavy atom. The van der Waals surface area contributed by atoms with E-state index in [-0.39, 0.29) is 0 Å². The van der Waals surface area contributed by atoms with Gasteiger partial charge in [-0.05, 0) is 0 Å². The number of hydrogen-bond donors (Lipinski definition) is 0. The molecule has 23 heteroatoms. The number of amides is 2. The average Bonchev–Trinajstić information content (AvgIpc) is 2.38. The molecule has 0 rings (SSSR count). The van der Waals surface area contributed by atoms with Gasteiger partial charge in [0.15, 0.2) is 10.2 Å². The number of rotatable bonds is 8. The third kappa shape index (κ3) is 3.67. The van der Waals surface area contributed by atoms with Crippen LogP contribution in [0.4, 0.5) is 4.79 Å². The molecule has 0 N–H and O–H groups in total. The van der Waals surface area contributed by atoms with Gasteiger partial charge in [-0.15, -0.1) is 0 Å². The number of carbonyl (C=O) groups excluding carboxylic acids is 1. The molecule has 0 aliphatic rings. The molecule has 0 spiro atoms. The molecule has 0 aromatic heterocycles. The summed E-state index contributed by atoms with van der Waals surface area (Å²) in [7, 11) is 0. The number of hydrogen-bond acceptors (Lipinski definition) is 13. The van der Waals surface area contributed by atoms with E-state index in [9.17, 15) is 65.5 Å². The zero-order chi connectivity index (χ0) is 19.4. The Labute approximate surface area is 124 Å². The van der Waals surface area contributed by atoms with Gasteiger partial charge in [-0.25, -0.2) is 65.5 Å². The van der Waals surface area contributed by atoms with Gasteiger partial charge in [0.05, 0.1) is 0 Å². The minimum atomic E-state index is -3.10. The largest absolute Gasteiger partial charge is 0.508 e. The molecule has 132 valence electrons. The minimum Gasteiger partial charge on any atom is -0.232 e. The van der Waals surface area contributed by atoms with E-state index in [1.807, 2.05) is 0 Å². The lowest BCUT2D eigenvalue weighted by Crippen LogP contribution is -2.64. The highest BCUT2D eigenvalue weighted by Crippen LogP contribution is 2.09. The summed E-state index contributed by atoms with van der Waals surface area (Å²) in [6, 6.07) is -3.10. The van der Waals surface area contributed by atoms with E-state index in [0.717, 1.165) is 0 Å². The fraction of sp³-hybridized carbons (Fsp3) is 0. The van der Waals surface area contributed by atoms with Gasteiger partial charge < -0.3 is 0 Å². The summed E-state index contributed by atoms with van der Waals surface area (Å²) in [6.45, 7) is 0. The van der Waals surface area contributed by atoms with Crippen LogP contribution >= 0.6 is 0 Å². The molecule has 0 aliphatic heterocycles. The van der Waals surface area contributed by atoms with Crippen molar-refractivity contribution >= 4 is 6.03 Å². The maximum absolute atomic E-state index is 11.5. The van der Waals surface area contributed by atoms with E-state index in [4.69, 9.17) is 0 Å².